The largest absolute Gasteiger partial charge is 0.467 e. The van der Waals surface area contributed by atoms with Gasteiger partial charge in [-0.2, -0.15) is 0 Å². The topological polar surface area (TPSA) is 137 Å². The van der Waals surface area contributed by atoms with Crippen molar-refractivity contribution in [2.24, 2.45) is 0 Å². The van der Waals surface area contributed by atoms with E-state index in [2.05, 4.69) is 14.9 Å². The molecule has 13 heteroatoms. The lowest BCUT2D eigenvalue weighted by atomic mass is 10.1. The molecule has 1 saturated heterocycles. The van der Waals surface area contributed by atoms with Crippen molar-refractivity contribution in [2.75, 3.05) is 55.9 Å². The van der Waals surface area contributed by atoms with Crippen LogP contribution in [0.25, 0.3) is 0 Å². The number of aromatic nitrogens is 2. The van der Waals surface area contributed by atoms with Crippen LogP contribution in [0.1, 0.15) is 24.7 Å². The highest BCUT2D eigenvalue weighted by Crippen LogP contribution is 2.36. The Balaban J connectivity index is 1.32. The summed E-state index contributed by atoms with van der Waals surface area (Å²) in [6.45, 7) is 5.84. The second-order valence-electron chi connectivity index (χ2n) is 9.13. The molecule has 1 aromatic carbocycles. The summed E-state index contributed by atoms with van der Waals surface area (Å²) in [5.41, 5.74) is 0.912. The molecular weight excluding hydrogens is 508 g/mol. The van der Waals surface area contributed by atoms with Crippen LogP contribution in [0.15, 0.2) is 47.3 Å². The van der Waals surface area contributed by atoms with Gasteiger partial charge in [-0.15, -0.1) is 0 Å². The molecule has 2 aliphatic rings. The summed E-state index contributed by atoms with van der Waals surface area (Å²) in [5, 5.41) is 12.4. The van der Waals surface area contributed by atoms with E-state index in [1.807, 2.05) is 23.1 Å². The summed E-state index contributed by atoms with van der Waals surface area (Å²) in [7, 11) is 0. The highest BCUT2D eigenvalue weighted by atomic mass is 16.7. The Kier molecular flexibility index (Phi) is 8.06. The summed E-state index contributed by atoms with van der Waals surface area (Å²) in [5.74, 6) is 2.08. The van der Waals surface area contributed by atoms with Gasteiger partial charge in [0.15, 0.2) is 11.5 Å². The van der Waals surface area contributed by atoms with Crippen molar-refractivity contribution in [3.63, 3.8) is 0 Å². The Morgan fingerprint density at radius 1 is 1.15 bits per heavy atom. The summed E-state index contributed by atoms with van der Waals surface area (Å²) in [6.07, 6.45) is 2.90. The number of benzene rings is 1. The average Bonchev–Trinajstić information content (AvgIpc) is 3.63. The Hall–Kier alpha value is -4.39. The summed E-state index contributed by atoms with van der Waals surface area (Å²) in [6, 6.07) is 9.42. The lowest BCUT2D eigenvalue weighted by molar-refractivity contribution is -0.383. The smallest absolute Gasteiger partial charge is 0.353 e. The third kappa shape index (κ3) is 6.20. The number of furan rings is 1. The van der Waals surface area contributed by atoms with Gasteiger partial charge < -0.3 is 28.4 Å². The zero-order valence-corrected chi connectivity index (χ0v) is 21.7. The van der Waals surface area contributed by atoms with Crippen molar-refractivity contribution in [3.8, 4) is 11.5 Å². The van der Waals surface area contributed by atoms with E-state index < -0.39 is 10.9 Å². The molecule has 13 nitrogen and oxygen atoms in total. The first-order valence-electron chi connectivity index (χ1n) is 12.8. The number of esters is 1. The van der Waals surface area contributed by atoms with E-state index in [1.54, 1.807) is 24.0 Å². The van der Waals surface area contributed by atoms with Crippen molar-refractivity contribution in [2.45, 2.75) is 26.4 Å². The molecule has 0 bridgehead atoms. The lowest BCUT2D eigenvalue weighted by Crippen LogP contribution is -2.46. The fourth-order valence-corrected chi connectivity index (χ4v) is 4.71. The highest BCUT2D eigenvalue weighted by molar-refractivity contribution is 5.73. The van der Waals surface area contributed by atoms with Crippen molar-refractivity contribution < 1.29 is 28.3 Å². The van der Waals surface area contributed by atoms with Gasteiger partial charge in [-0.3, -0.25) is 19.8 Å². The molecule has 2 aromatic heterocycles. The molecule has 0 aliphatic carbocycles. The molecule has 206 valence electrons. The van der Waals surface area contributed by atoms with Crippen LogP contribution >= 0.6 is 0 Å². The predicted molar refractivity (Wildman–Crippen MR) is 140 cm³/mol. The number of nitrogens with zero attached hydrogens (tertiary/aromatic N) is 6. The van der Waals surface area contributed by atoms with Crippen LogP contribution in [0.4, 0.5) is 17.3 Å². The van der Waals surface area contributed by atoms with Gasteiger partial charge in [-0.05, 0) is 36.8 Å². The third-order valence-corrected chi connectivity index (χ3v) is 6.60. The molecular formula is C26H30N6O7. The van der Waals surface area contributed by atoms with E-state index >= 15 is 0 Å². The fraction of sp³-hybridized carbons (Fsp3) is 0.423. The van der Waals surface area contributed by atoms with Gasteiger partial charge in [0.2, 0.25) is 18.4 Å². The van der Waals surface area contributed by atoms with E-state index in [-0.39, 0.29) is 50.2 Å². The Labute approximate surface area is 225 Å². The number of ether oxygens (including phenoxy) is 3. The van der Waals surface area contributed by atoms with Crippen LogP contribution in [0.2, 0.25) is 0 Å². The van der Waals surface area contributed by atoms with Gasteiger partial charge in [-0.1, -0.05) is 6.07 Å². The van der Waals surface area contributed by atoms with Gasteiger partial charge in [0.25, 0.3) is 0 Å². The zero-order valence-electron chi connectivity index (χ0n) is 21.7. The number of carbonyl (C=O) groups is 1. The number of fused-ring (bicyclic) bond motifs is 1. The molecule has 5 rings (SSSR count). The molecule has 0 N–H and O–H groups in total. The van der Waals surface area contributed by atoms with Gasteiger partial charge in [0, 0.05) is 39.3 Å². The fourth-order valence-electron chi connectivity index (χ4n) is 4.71. The first-order valence-corrected chi connectivity index (χ1v) is 12.8. The minimum absolute atomic E-state index is 0.0452. The number of anilines is 2. The predicted octanol–water partition coefficient (Wildman–Crippen LogP) is 2.99. The second kappa shape index (κ2) is 12.0. The van der Waals surface area contributed by atoms with Crippen LogP contribution in [0.3, 0.4) is 0 Å². The maximum atomic E-state index is 12.4. The van der Waals surface area contributed by atoms with Gasteiger partial charge >= 0.3 is 11.7 Å². The average molecular weight is 539 g/mol. The van der Waals surface area contributed by atoms with Gasteiger partial charge in [0.05, 0.1) is 30.8 Å². The van der Waals surface area contributed by atoms with Crippen LogP contribution < -0.4 is 19.3 Å². The van der Waals surface area contributed by atoms with E-state index in [1.165, 1.54) is 12.6 Å². The minimum atomic E-state index is -0.455. The number of carbonyl (C=O) groups excluding carboxylic acids is 1. The molecule has 0 unspecified atom stereocenters. The number of hydrogen-bond donors (Lipinski definition) is 0. The normalized spacial score (nSPS) is 14.8. The van der Waals surface area contributed by atoms with Crippen LogP contribution in [-0.4, -0.2) is 71.9 Å². The lowest BCUT2D eigenvalue weighted by Gasteiger charge is -2.35. The molecule has 2 aliphatic heterocycles. The number of hydrogen-bond acceptors (Lipinski definition) is 12. The monoisotopic (exact) mass is 538 g/mol. The molecule has 4 heterocycles. The first kappa shape index (κ1) is 26.2. The van der Waals surface area contributed by atoms with E-state index in [9.17, 15) is 14.9 Å². The van der Waals surface area contributed by atoms with Crippen LogP contribution in [0, 0.1) is 10.1 Å². The van der Waals surface area contributed by atoms with Gasteiger partial charge in [-0.25, -0.2) is 9.97 Å². The Morgan fingerprint density at radius 3 is 2.72 bits per heavy atom. The molecule has 0 atom stereocenters. The van der Waals surface area contributed by atoms with Crippen LogP contribution in [0.5, 0.6) is 11.5 Å². The minimum Gasteiger partial charge on any atom is -0.467 e. The number of rotatable bonds is 11. The third-order valence-electron chi connectivity index (χ3n) is 6.60. The molecule has 0 radical (unpaired) electrons. The Bertz CT molecular complexity index is 1290. The molecule has 39 heavy (non-hydrogen) atoms. The maximum Gasteiger partial charge on any atom is 0.353 e. The highest BCUT2D eigenvalue weighted by Gasteiger charge is 2.32. The zero-order chi connectivity index (χ0) is 27.2. The summed E-state index contributed by atoms with van der Waals surface area (Å²) < 4.78 is 21.4. The Morgan fingerprint density at radius 2 is 1.97 bits per heavy atom. The standard InChI is InChI=1S/C26H30N6O7/c1-2-36-23(33)7-8-31(16-20-4-3-13-37-20)26-24(32(34)35)25(27-17-28-26)30-11-9-29(10-12-30)15-19-5-6-21-22(14-19)39-18-38-21/h3-6,13-14,17H,2,7-12,15-16,18H2,1H3. The van der Waals surface area contributed by atoms with Crippen molar-refractivity contribution in [3.05, 3.63) is 64.4 Å². The van der Waals surface area contributed by atoms with Crippen molar-refractivity contribution >= 4 is 23.3 Å². The molecule has 0 spiro atoms. The SMILES string of the molecule is CCOC(=O)CCN(Cc1ccco1)c1ncnc(N2CCN(Cc3ccc4c(c3)OCO4)CC2)c1[N+](=O)[O-]. The summed E-state index contributed by atoms with van der Waals surface area (Å²) >= 11 is 0. The molecule has 0 amide bonds. The number of nitro groups is 1. The van der Waals surface area contributed by atoms with E-state index in [0.29, 0.717) is 31.9 Å². The van der Waals surface area contributed by atoms with Crippen molar-refractivity contribution in [1.29, 1.82) is 0 Å². The van der Waals surface area contributed by atoms with Crippen LogP contribution in [-0.2, 0) is 22.6 Å². The van der Waals surface area contributed by atoms with E-state index in [0.717, 1.165) is 23.6 Å². The molecule has 1 fully saturated rings. The quantitative estimate of drug-likeness (QED) is 0.202. The van der Waals surface area contributed by atoms with Crippen molar-refractivity contribution in [1.82, 2.24) is 14.9 Å². The van der Waals surface area contributed by atoms with Gasteiger partial charge in [0.1, 0.15) is 12.1 Å². The maximum absolute atomic E-state index is 12.4. The molecule has 3 aromatic rings. The molecule has 0 saturated carbocycles. The summed E-state index contributed by atoms with van der Waals surface area (Å²) in [4.78, 5) is 38.4. The number of piperazine rings is 1. The van der Waals surface area contributed by atoms with E-state index in [4.69, 9.17) is 18.6 Å². The first-order chi connectivity index (χ1) is 19.0. The second-order valence-corrected chi connectivity index (χ2v) is 9.13.